The predicted octanol–water partition coefficient (Wildman–Crippen LogP) is 2.30. The first-order valence-electron chi connectivity index (χ1n) is 7.17. The van der Waals surface area contributed by atoms with Crippen molar-refractivity contribution in [3.05, 3.63) is 29.8 Å². The molecule has 4 nitrogen and oxygen atoms in total. The lowest BCUT2D eigenvalue weighted by molar-refractivity contribution is -0.117. The monoisotopic (exact) mass is 276 g/mol. The second-order valence-corrected chi connectivity index (χ2v) is 6.27. The van der Waals surface area contributed by atoms with Gasteiger partial charge >= 0.3 is 0 Å². The van der Waals surface area contributed by atoms with E-state index in [2.05, 4.69) is 37.5 Å². The fourth-order valence-electron chi connectivity index (χ4n) is 2.42. The van der Waals surface area contributed by atoms with Crippen LogP contribution >= 0.6 is 0 Å². The third-order valence-electron chi connectivity index (χ3n) is 3.44. The molecule has 2 N–H and O–H groups in total. The second-order valence-electron chi connectivity index (χ2n) is 6.27. The van der Waals surface area contributed by atoms with Gasteiger partial charge in [-0.05, 0) is 17.0 Å². The zero-order chi connectivity index (χ0) is 14.6. The summed E-state index contributed by atoms with van der Waals surface area (Å²) in [5, 5.41) is 6.32. The maximum Gasteiger partial charge on any atom is 0.226 e. The van der Waals surface area contributed by atoms with Crippen molar-refractivity contribution in [2.24, 2.45) is 0 Å². The Morgan fingerprint density at radius 1 is 1.40 bits per heavy atom. The minimum atomic E-state index is 0.00999. The fourth-order valence-corrected chi connectivity index (χ4v) is 2.42. The van der Waals surface area contributed by atoms with Gasteiger partial charge < -0.3 is 15.4 Å². The van der Waals surface area contributed by atoms with Crippen LogP contribution in [0, 0.1) is 0 Å². The maximum atomic E-state index is 12.2. The molecule has 1 saturated heterocycles. The fraction of sp³-hybridized carbons (Fsp3) is 0.562. The number of hydrogen-bond donors (Lipinski definition) is 2. The normalized spacial score (nSPS) is 19.6. The predicted molar refractivity (Wildman–Crippen MR) is 81.0 cm³/mol. The molecule has 0 aromatic heterocycles. The Balaban J connectivity index is 2.00. The van der Waals surface area contributed by atoms with Gasteiger partial charge in [-0.15, -0.1) is 0 Å². The maximum absolute atomic E-state index is 12.2. The molecule has 110 valence electrons. The van der Waals surface area contributed by atoms with E-state index in [1.54, 1.807) is 0 Å². The number of morpholine rings is 1. The number of para-hydroxylation sites is 1. The number of ether oxygens (including phenoxy) is 1. The van der Waals surface area contributed by atoms with Crippen molar-refractivity contribution in [2.45, 2.75) is 38.6 Å². The summed E-state index contributed by atoms with van der Waals surface area (Å²) in [6.07, 6.45) is 0.443. The molecule has 20 heavy (non-hydrogen) atoms. The van der Waals surface area contributed by atoms with Crippen molar-refractivity contribution >= 4 is 11.6 Å². The van der Waals surface area contributed by atoms with Crippen molar-refractivity contribution in [2.75, 3.05) is 25.1 Å². The molecule has 1 aliphatic rings. The zero-order valence-electron chi connectivity index (χ0n) is 12.5. The third kappa shape index (κ3) is 4.05. The number of benzene rings is 1. The molecule has 1 aliphatic heterocycles. The summed E-state index contributed by atoms with van der Waals surface area (Å²) in [5.41, 5.74) is 2.07. The lowest BCUT2D eigenvalue weighted by atomic mass is 9.86. The SMILES string of the molecule is CC(C)(C)c1ccccc1NC(=O)CC1COCCN1. The largest absolute Gasteiger partial charge is 0.378 e. The summed E-state index contributed by atoms with van der Waals surface area (Å²) in [4.78, 5) is 12.2. The minimum absolute atomic E-state index is 0.00999. The molecule has 0 aliphatic carbocycles. The van der Waals surface area contributed by atoms with Crippen molar-refractivity contribution in [3.63, 3.8) is 0 Å². The third-order valence-corrected chi connectivity index (χ3v) is 3.44. The highest BCUT2D eigenvalue weighted by atomic mass is 16.5. The Kier molecular flexibility index (Phi) is 4.78. The minimum Gasteiger partial charge on any atom is -0.378 e. The van der Waals surface area contributed by atoms with E-state index < -0.39 is 0 Å². The first kappa shape index (κ1) is 15.0. The van der Waals surface area contributed by atoms with Crippen LogP contribution in [0.2, 0.25) is 0 Å². The summed E-state index contributed by atoms with van der Waals surface area (Å²) >= 11 is 0. The quantitative estimate of drug-likeness (QED) is 0.890. The molecule has 0 bridgehead atoms. The molecule has 1 unspecified atom stereocenters. The van der Waals surface area contributed by atoms with Crippen LogP contribution in [0.25, 0.3) is 0 Å². The van der Waals surface area contributed by atoms with Crippen LogP contribution in [0.15, 0.2) is 24.3 Å². The van der Waals surface area contributed by atoms with Crippen LogP contribution in [0.3, 0.4) is 0 Å². The van der Waals surface area contributed by atoms with Crippen LogP contribution in [-0.4, -0.2) is 31.7 Å². The van der Waals surface area contributed by atoms with Gasteiger partial charge in [-0.3, -0.25) is 4.79 Å². The highest BCUT2D eigenvalue weighted by molar-refractivity contribution is 5.92. The molecule has 1 aromatic rings. The van der Waals surface area contributed by atoms with E-state index in [-0.39, 0.29) is 17.4 Å². The lowest BCUT2D eigenvalue weighted by Crippen LogP contribution is -2.43. The second kappa shape index (κ2) is 6.37. The molecule has 0 saturated carbocycles. The Morgan fingerprint density at radius 2 is 2.15 bits per heavy atom. The first-order chi connectivity index (χ1) is 9.47. The lowest BCUT2D eigenvalue weighted by Gasteiger charge is -2.25. The standard InChI is InChI=1S/C16H24N2O2/c1-16(2,3)13-6-4-5-7-14(13)18-15(19)10-12-11-20-9-8-17-12/h4-7,12,17H,8-11H2,1-3H3,(H,18,19). The van der Waals surface area contributed by atoms with Gasteiger partial charge in [-0.2, -0.15) is 0 Å². The van der Waals surface area contributed by atoms with E-state index in [0.29, 0.717) is 13.0 Å². The Bertz CT molecular complexity index is 460. The number of carbonyl (C=O) groups is 1. The summed E-state index contributed by atoms with van der Waals surface area (Å²) < 4.78 is 5.37. The van der Waals surface area contributed by atoms with Gasteiger partial charge in [0.2, 0.25) is 5.91 Å². The number of nitrogens with one attached hydrogen (secondary N) is 2. The van der Waals surface area contributed by atoms with Gasteiger partial charge in [-0.25, -0.2) is 0 Å². The summed E-state index contributed by atoms with van der Waals surface area (Å²) in [5.74, 6) is 0.0321. The number of anilines is 1. The van der Waals surface area contributed by atoms with Crippen molar-refractivity contribution in [1.29, 1.82) is 0 Å². The van der Waals surface area contributed by atoms with Crippen LogP contribution < -0.4 is 10.6 Å². The zero-order valence-corrected chi connectivity index (χ0v) is 12.5. The van der Waals surface area contributed by atoms with E-state index in [0.717, 1.165) is 24.4 Å². The molecule has 2 rings (SSSR count). The van der Waals surface area contributed by atoms with Crippen LogP contribution in [0.4, 0.5) is 5.69 Å². The van der Waals surface area contributed by atoms with E-state index in [1.807, 2.05) is 18.2 Å². The van der Waals surface area contributed by atoms with Crippen LogP contribution in [-0.2, 0) is 14.9 Å². The smallest absolute Gasteiger partial charge is 0.226 e. The Morgan fingerprint density at radius 3 is 2.80 bits per heavy atom. The van der Waals surface area contributed by atoms with E-state index in [9.17, 15) is 4.79 Å². The number of rotatable bonds is 3. The van der Waals surface area contributed by atoms with Crippen LogP contribution in [0.5, 0.6) is 0 Å². The highest BCUT2D eigenvalue weighted by Crippen LogP contribution is 2.29. The van der Waals surface area contributed by atoms with E-state index in [4.69, 9.17) is 4.74 Å². The summed E-state index contributed by atoms with van der Waals surface area (Å²) in [6.45, 7) is 8.59. The number of hydrogen-bond acceptors (Lipinski definition) is 3. The molecule has 1 fully saturated rings. The van der Waals surface area contributed by atoms with Gasteiger partial charge in [0.15, 0.2) is 0 Å². The Labute approximate surface area is 120 Å². The molecule has 1 amide bonds. The molecule has 0 spiro atoms. The number of amides is 1. The average Bonchev–Trinajstić information content (AvgIpc) is 2.39. The molecular formula is C16H24N2O2. The van der Waals surface area contributed by atoms with Gasteiger partial charge in [0.05, 0.1) is 13.2 Å². The molecule has 0 radical (unpaired) electrons. The number of carbonyl (C=O) groups excluding carboxylic acids is 1. The topological polar surface area (TPSA) is 50.4 Å². The van der Waals surface area contributed by atoms with Gasteiger partial charge in [-0.1, -0.05) is 39.0 Å². The highest BCUT2D eigenvalue weighted by Gasteiger charge is 2.20. The average molecular weight is 276 g/mol. The molecule has 1 aromatic carbocycles. The van der Waals surface area contributed by atoms with Gasteiger partial charge in [0, 0.05) is 24.7 Å². The van der Waals surface area contributed by atoms with Gasteiger partial charge in [0.25, 0.3) is 0 Å². The Hall–Kier alpha value is -1.39. The van der Waals surface area contributed by atoms with Crippen molar-refractivity contribution in [3.8, 4) is 0 Å². The van der Waals surface area contributed by atoms with Crippen molar-refractivity contribution < 1.29 is 9.53 Å². The van der Waals surface area contributed by atoms with Crippen LogP contribution in [0.1, 0.15) is 32.8 Å². The summed E-state index contributed by atoms with van der Waals surface area (Å²) in [7, 11) is 0. The van der Waals surface area contributed by atoms with Gasteiger partial charge in [0.1, 0.15) is 0 Å². The van der Waals surface area contributed by atoms with E-state index >= 15 is 0 Å². The molecule has 1 heterocycles. The molecular weight excluding hydrogens is 252 g/mol. The van der Waals surface area contributed by atoms with Crippen molar-refractivity contribution in [1.82, 2.24) is 5.32 Å². The van der Waals surface area contributed by atoms with E-state index in [1.165, 1.54) is 0 Å². The molecule has 4 heteroatoms. The first-order valence-corrected chi connectivity index (χ1v) is 7.17. The molecule has 1 atom stereocenters. The summed E-state index contributed by atoms with van der Waals surface area (Å²) in [6, 6.07) is 8.10.